The molecule has 0 bridgehead atoms. The Morgan fingerprint density at radius 3 is 2.50 bits per heavy atom. The van der Waals surface area contributed by atoms with Crippen molar-refractivity contribution < 1.29 is 14.3 Å². The molecule has 3 rings (SSSR count). The Morgan fingerprint density at radius 2 is 1.75 bits per heavy atom. The molecule has 2 amide bonds. The summed E-state index contributed by atoms with van der Waals surface area (Å²) >= 11 is 0. The molecule has 0 aliphatic rings. The van der Waals surface area contributed by atoms with Crippen LogP contribution in [0.5, 0.6) is 5.75 Å². The Morgan fingerprint density at radius 1 is 1.04 bits per heavy atom. The minimum atomic E-state index is -0.746. The van der Waals surface area contributed by atoms with E-state index >= 15 is 0 Å². The van der Waals surface area contributed by atoms with E-state index in [1.807, 2.05) is 50.4 Å². The lowest BCUT2D eigenvalue weighted by Gasteiger charge is -2.20. The maximum Gasteiger partial charge on any atom is 0.413 e. The molecule has 0 aliphatic heterocycles. The van der Waals surface area contributed by atoms with Gasteiger partial charge in [0.1, 0.15) is 11.8 Å². The van der Waals surface area contributed by atoms with E-state index in [0.29, 0.717) is 12.2 Å². The first-order valence-corrected chi connectivity index (χ1v) is 9.45. The molecule has 6 heteroatoms. The molecule has 0 saturated heterocycles. The van der Waals surface area contributed by atoms with Crippen LogP contribution < -0.4 is 15.4 Å². The lowest BCUT2D eigenvalue weighted by Crippen LogP contribution is -2.50. The van der Waals surface area contributed by atoms with Gasteiger partial charge in [-0.05, 0) is 37.1 Å². The standard InChI is InChI=1S/C22H25N3O3/c1-3-15(2)24-21(26)20(25-22(27)28-17-9-5-4-6-10-17)13-16-14-23-19-12-8-7-11-18(16)19/h4-12,14-15,20,23H,3,13H2,1-2H3,(H,24,26)(H,25,27)/t15?,20-/m0/s1. The number of ether oxygens (including phenoxy) is 1. The molecule has 3 aromatic rings. The summed E-state index contributed by atoms with van der Waals surface area (Å²) < 4.78 is 5.30. The first-order chi connectivity index (χ1) is 13.6. The highest BCUT2D eigenvalue weighted by atomic mass is 16.6. The van der Waals surface area contributed by atoms with Gasteiger partial charge in [0, 0.05) is 29.6 Å². The number of hydrogen-bond donors (Lipinski definition) is 3. The van der Waals surface area contributed by atoms with Crippen LogP contribution in [-0.4, -0.2) is 29.1 Å². The number of H-pyrrole nitrogens is 1. The molecular formula is C22H25N3O3. The van der Waals surface area contributed by atoms with Gasteiger partial charge in [-0.1, -0.05) is 43.3 Å². The Hall–Kier alpha value is -3.28. The fourth-order valence-corrected chi connectivity index (χ4v) is 2.94. The second kappa shape index (κ2) is 9.08. The van der Waals surface area contributed by atoms with Crippen molar-refractivity contribution in [3.05, 3.63) is 66.4 Å². The van der Waals surface area contributed by atoms with Crippen LogP contribution in [0.15, 0.2) is 60.8 Å². The van der Waals surface area contributed by atoms with Crippen LogP contribution >= 0.6 is 0 Å². The van der Waals surface area contributed by atoms with E-state index in [1.54, 1.807) is 24.3 Å². The van der Waals surface area contributed by atoms with Crippen LogP contribution in [0.1, 0.15) is 25.8 Å². The van der Waals surface area contributed by atoms with Crippen LogP contribution in [-0.2, 0) is 11.2 Å². The summed E-state index contributed by atoms with van der Waals surface area (Å²) in [5.41, 5.74) is 1.95. The van der Waals surface area contributed by atoms with Crippen molar-refractivity contribution in [3.8, 4) is 5.75 Å². The van der Waals surface area contributed by atoms with E-state index < -0.39 is 12.1 Å². The topological polar surface area (TPSA) is 83.2 Å². The molecule has 6 nitrogen and oxygen atoms in total. The van der Waals surface area contributed by atoms with Crippen LogP contribution in [0.4, 0.5) is 4.79 Å². The molecule has 28 heavy (non-hydrogen) atoms. The predicted molar refractivity (Wildman–Crippen MR) is 109 cm³/mol. The van der Waals surface area contributed by atoms with Crippen LogP contribution in [0, 0.1) is 0 Å². The minimum absolute atomic E-state index is 0.0184. The Balaban J connectivity index is 1.76. The normalized spacial score (nSPS) is 12.9. The van der Waals surface area contributed by atoms with E-state index in [9.17, 15) is 9.59 Å². The molecule has 0 radical (unpaired) electrons. The zero-order valence-corrected chi connectivity index (χ0v) is 16.1. The molecule has 146 valence electrons. The first-order valence-electron chi connectivity index (χ1n) is 9.45. The van der Waals surface area contributed by atoms with Crippen molar-refractivity contribution in [3.63, 3.8) is 0 Å². The highest BCUT2D eigenvalue weighted by molar-refractivity contribution is 5.88. The van der Waals surface area contributed by atoms with Gasteiger partial charge in [-0.2, -0.15) is 0 Å². The van der Waals surface area contributed by atoms with Crippen molar-refractivity contribution in [2.24, 2.45) is 0 Å². The third kappa shape index (κ3) is 4.91. The fraction of sp³-hybridized carbons (Fsp3) is 0.273. The largest absolute Gasteiger partial charge is 0.413 e. The molecular weight excluding hydrogens is 354 g/mol. The summed E-state index contributed by atoms with van der Waals surface area (Å²) in [6.07, 6.45) is 2.38. The minimum Gasteiger partial charge on any atom is -0.410 e. The maximum absolute atomic E-state index is 12.8. The monoisotopic (exact) mass is 379 g/mol. The number of fused-ring (bicyclic) bond motifs is 1. The van der Waals surface area contributed by atoms with Crippen molar-refractivity contribution in [2.75, 3.05) is 0 Å². The molecule has 0 fully saturated rings. The number of benzene rings is 2. The predicted octanol–water partition coefficient (Wildman–Crippen LogP) is 3.78. The molecule has 2 aromatic carbocycles. The van der Waals surface area contributed by atoms with Crippen molar-refractivity contribution in [1.29, 1.82) is 0 Å². The number of para-hydroxylation sites is 2. The second-order valence-corrected chi connectivity index (χ2v) is 6.78. The van der Waals surface area contributed by atoms with Crippen molar-refractivity contribution in [2.45, 2.75) is 38.8 Å². The van der Waals surface area contributed by atoms with Crippen molar-refractivity contribution >= 4 is 22.9 Å². The summed E-state index contributed by atoms with van der Waals surface area (Å²) in [5, 5.41) is 6.68. The Bertz CT molecular complexity index is 936. The fourth-order valence-electron chi connectivity index (χ4n) is 2.94. The Labute approximate surface area is 164 Å². The summed E-state index contributed by atoms with van der Waals surface area (Å²) in [7, 11) is 0. The van der Waals surface area contributed by atoms with Gasteiger partial charge in [-0.3, -0.25) is 4.79 Å². The average Bonchev–Trinajstić information content (AvgIpc) is 3.11. The highest BCUT2D eigenvalue weighted by Crippen LogP contribution is 2.19. The molecule has 0 saturated carbocycles. The Kier molecular flexibility index (Phi) is 6.32. The zero-order valence-electron chi connectivity index (χ0n) is 16.1. The first kappa shape index (κ1) is 19.5. The number of aromatic nitrogens is 1. The molecule has 3 N–H and O–H groups in total. The number of amides is 2. The van der Waals surface area contributed by atoms with Crippen LogP contribution in [0.2, 0.25) is 0 Å². The number of carbonyl (C=O) groups excluding carboxylic acids is 2. The highest BCUT2D eigenvalue weighted by Gasteiger charge is 2.24. The lowest BCUT2D eigenvalue weighted by atomic mass is 10.0. The molecule has 1 unspecified atom stereocenters. The number of nitrogens with one attached hydrogen (secondary N) is 3. The van der Waals surface area contributed by atoms with E-state index in [4.69, 9.17) is 4.74 Å². The third-order valence-electron chi connectivity index (χ3n) is 4.66. The summed E-state index contributed by atoms with van der Waals surface area (Å²) in [5.74, 6) is 0.192. The van der Waals surface area contributed by atoms with Gasteiger partial charge >= 0.3 is 6.09 Å². The van der Waals surface area contributed by atoms with Gasteiger partial charge in [-0.25, -0.2) is 4.79 Å². The van der Waals surface area contributed by atoms with Gasteiger partial charge in [0.05, 0.1) is 0 Å². The van der Waals surface area contributed by atoms with Gasteiger partial charge in [-0.15, -0.1) is 0 Å². The van der Waals surface area contributed by atoms with Crippen molar-refractivity contribution in [1.82, 2.24) is 15.6 Å². The van der Waals surface area contributed by atoms with E-state index in [0.717, 1.165) is 22.9 Å². The second-order valence-electron chi connectivity index (χ2n) is 6.78. The zero-order chi connectivity index (χ0) is 19.9. The van der Waals surface area contributed by atoms with E-state index in [-0.39, 0.29) is 11.9 Å². The molecule has 0 aliphatic carbocycles. The van der Waals surface area contributed by atoms with Crippen LogP contribution in [0.25, 0.3) is 10.9 Å². The molecule has 1 heterocycles. The smallest absolute Gasteiger partial charge is 0.410 e. The number of hydrogen-bond acceptors (Lipinski definition) is 3. The number of rotatable bonds is 7. The van der Waals surface area contributed by atoms with Gasteiger partial charge < -0.3 is 20.4 Å². The third-order valence-corrected chi connectivity index (χ3v) is 4.66. The maximum atomic E-state index is 12.8. The summed E-state index contributed by atoms with van der Waals surface area (Å²) in [6, 6.07) is 15.9. The van der Waals surface area contributed by atoms with Gasteiger partial charge in [0.15, 0.2) is 0 Å². The van der Waals surface area contributed by atoms with E-state index in [2.05, 4.69) is 15.6 Å². The van der Waals surface area contributed by atoms with E-state index in [1.165, 1.54) is 0 Å². The van der Waals surface area contributed by atoms with Gasteiger partial charge in [0.2, 0.25) is 5.91 Å². The summed E-state index contributed by atoms with van der Waals surface area (Å²) in [6.45, 7) is 3.93. The van der Waals surface area contributed by atoms with Gasteiger partial charge in [0.25, 0.3) is 0 Å². The number of aromatic amines is 1. The quantitative estimate of drug-likeness (QED) is 0.584. The summed E-state index contributed by atoms with van der Waals surface area (Å²) in [4.78, 5) is 28.3. The molecule has 0 spiro atoms. The molecule has 1 aromatic heterocycles. The SMILES string of the molecule is CCC(C)NC(=O)[C@H](Cc1c[nH]c2ccccc12)NC(=O)Oc1ccccc1. The molecule has 2 atom stereocenters. The average molecular weight is 379 g/mol. The van der Waals surface area contributed by atoms with Crippen LogP contribution in [0.3, 0.4) is 0 Å². The lowest BCUT2D eigenvalue weighted by molar-refractivity contribution is -0.123. The number of carbonyl (C=O) groups is 2.